The lowest BCUT2D eigenvalue weighted by molar-refractivity contribution is -0.128. The lowest BCUT2D eigenvalue weighted by atomic mass is 10.3. The van der Waals surface area contributed by atoms with Gasteiger partial charge in [-0.1, -0.05) is 11.6 Å². The third-order valence-corrected chi connectivity index (χ3v) is 2.19. The number of hydrogen-bond donors (Lipinski definition) is 1. The smallest absolute Gasteiger partial charge is 0.271 e. The van der Waals surface area contributed by atoms with Crippen molar-refractivity contribution in [2.24, 2.45) is 0 Å². The van der Waals surface area contributed by atoms with Gasteiger partial charge in [-0.3, -0.25) is 9.59 Å². The maximum absolute atomic E-state index is 11.5. The van der Waals surface area contributed by atoms with E-state index < -0.39 is 0 Å². The molecule has 0 saturated carbocycles. The number of carbonyl (C=O) groups excluding carboxylic acids is 2. The molecular weight excluding hydrogens is 244 g/mol. The van der Waals surface area contributed by atoms with Gasteiger partial charge in [-0.15, -0.1) is 10.2 Å². The van der Waals surface area contributed by atoms with Crippen LogP contribution in [0.25, 0.3) is 0 Å². The SMILES string of the molecule is CN(C)C(=O)CCNC(=O)c1ccc(Cl)nn1. The Bertz CT molecular complexity index is 405. The maximum Gasteiger partial charge on any atom is 0.271 e. The molecule has 1 rings (SSSR count). The molecule has 0 atom stereocenters. The predicted octanol–water partition coefficient (Wildman–Crippen LogP) is 0.338. The summed E-state index contributed by atoms with van der Waals surface area (Å²) >= 11 is 5.54. The molecule has 0 bridgehead atoms. The van der Waals surface area contributed by atoms with Gasteiger partial charge in [-0.05, 0) is 12.1 Å². The summed E-state index contributed by atoms with van der Waals surface area (Å²) in [7, 11) is 3.32. The highest BCUT2D eigenvalue weighted by atomic mass is 35.5. The Hall–Kier alpha value is -1.69. The zero-order valence-electron chi connectivity index (χ0n) is 9.61. The first-order valence-electron chi connectivity index (χ1n) is 4.98. The normalized spacial score (nSPS) is 9.82. The molecule has 1 N–H and O–H groups in total. The van der Waals surface area contributed by atoms with Crippen molar-refractivity contribution in [2.45, 2.75) is 6.42 Å². The Labute approximate surface area is 104 Å². The lowest BCUT2D eigenvalue weighted by Gasteiger charge is -2.10. The van der Waals surface area contributed by atoms with Crippen molar-refractivity contribution in [3.8, 4) is 0 Å². The van der Waals surface area contributed by atoms with Crippen LogP contribution in [0.1, 0.15) is 16.9 Å². The van der Waals surface area contributed by atoms with Crippen LogP contribution in [0.2, 0.25) is 5.15 Å². The summed E-state index contributed by atoms with van der Waals surface area (Å²) in [5.41, 5.74) is 0.173. The first-order valence-corrected chi connectivity index (χ1v) is 5.36. The first-order chi connectivity index (χ1) is 8.00. The lowest BCUT2D eigenvalue weighted by Crippen LogP contribution is -2.30. The van der Waals surface area contributed by atoms with Crippen LogP contribution in [0.15, 0.2) is 12.1 Å². The molecule has 92 valence electrons. The number of halogens is 1. The number of aromatic nitrogens is 2. The number of amides is 2. The Balaban J connectivity index is 2.40. The predicted molar refractivity (Wildman–Crippen MR) is 62.7 cm³/mol. The Morgan fingerprint density at radius 3 is 2.59 bits per heavy atom. The van der Waals surface area contributed by atoms with Gasteiger partial charge in [0.2, 0.25) is 5.91 Å². The van der Waals surface area contributed by atoms with Crippen LogP contribution in [0.5, 0.6) is 0 Å². The van der Waals surface area contributed by atoms with E-state index in [2.05, 4.69) is 15.5 Å². The second-order valence-corrected chi connectivity index (χ2v) is 3.92. The molecule has 0 fully saturated rings. The number of nitrogens with one attached hydrogen (secondary N) is 1. The average Bonchev–Trinajstić information content (AvgIpc) is 2.29. The molecule has 0 radical (unpaired) electrons. The molecule has 0 aliphatic carbocycles. The van der Waals surface area contributed by atoms with Crippen LogP contribution < -0.4 is 5.32 Å². The van der Waals surface area contributed by atoms with Crippen molar-refractivity contribution in [2.75, 3.05) is 20.6 Å². The van der Waals surface area contributed by atoms with Crippen molar-refractivity contribution in [1.82, 2.24) is 20.4 Å². The van der Waals surface area contributed by atoms with E-state index in [1.165, 1.54) is 17.0 Å². The molecule has 0 aromatic carbocycles. The average molecular weight is 257 g/mol. The van der Waals surface area contributed by atoms with E-state index >= 15 is 0 Å². The minimum absolute atomic E-state index is 0.0486. The molecule has 1 aromatic rings. The summed E-state index contributed by atoms with van der Waals surface area (Å²) in [5.74, 6) is -0.423. The van der Waals surface area contributed by atoms with Crippen LogP contribution in [0.4, 0.5) is 0 Å². The van der Waals surface area contributed by atoms with Crippen LogP contribution in [0, 0.1) is 0 Å². The van der Waals surface area contributed by atoms with E-state index in [0.717, 1.165) is 0 Å². The van der Waals surface area contributed by atoms with Gasteiger partial charge < -0.3 is 10.2 Å². The molecular formula is C10H13ClN4O2. The summed E-state index contributed by atoms with van der Waals surface area (Å²) < 4.78 is 0. The van der Waals surface area contributed by atoms with Crippen LogP contribution in [-0.2, 0) is 4.79 Å². The van der Waals surface area contributed by atoms with E-state index in [0.29, 0.717) is 0 Å². The van der Waals surface area contributed by atoms with Gasteiger partial charge >= 0.3 is 0 Å². The highest BCUT2D eigenvalue weighted by molar-refractivity contribution is 6.29. The fourth-order valence-electron chi connectivity index (χ4n) is 1.03. The van der Waals surface area contributed by atoms with Crippen molar-refractivity contribution in [3.05, 3.63) is 23.0 Å². The van der Waals surface area contributed by atoms with Crippen molar-refractivity contribution in [1.29, 1.82) is 0 Å². The summed E-state index contributed by atoms with van der Waals surface area (Å²) in [5, 5.41) is 9.97. The standard InChI is InChI=1S/C10H13ClN4O2/c1-15(2)9(16)5-6-12-10(17)7-3-4-8(11)14-13-7/h3-4H,5-6H2,1-2H3,(H,12,17). The van der Waals surface area contributed by atoms with Crippen molar-refractivity contribution >= 4 is 23.4 Å². The van der Waals surface area contributed by atoms with Crippen LogP contribution in [-0.4, -0.2) is 47.6 Å². The first kappa shape index (κ1) is 13.4. The molecule has 17 heavy (non-hydrogen) atoms. The van der Waals surface area contributed by atoms with E-state index in [4.69, 9.17) is 11.6 Å². The van der Waals surface area contributed by atoms with Gasteiger partial charge in [0.05, 0.1) is 0 Å². The van der Waals surface area contributed by atoms with Crippen LogP contribution >= 0.6 is 11.6 Å². The monoisotopic (exact) mass is 256 g/mol. The van der Waals surface area contributed by atoms with Gasteiger partial charge in [0.1, 0.15) is 0 Å². The zero-order chi connectivity index (χ0) is 12.8. The fraction of sp³-hybridized carbons (Fsp3) is 0.400. The zero-order valence-corrected chi connectivity index (χ0v) is 10.4. The maximum atomic E-state index is 11.5. The second-order valence-electron chi connectivity index (χ2n) is 3.54. The quantitative estimate of drug-likeness (QED) is 0.843. The number of hydrogen-bond acceptors (Lipinski definition) is 4. The third kappa shape index (κ3) is 4.36. The van der Waals surface area contributed by atoms with Crippen molar-refractivity contribution < 1.29 is 9.59 Å². The molecule has 0 aliphatic heterocycles. The van der Waals surface area contributed by atoms with E-state index in [1.807, 2.05) is 0 Å². The number of rotatable bonds is 4. The fourth-order valence-corrected chi connectivity index (χ4v) is 1.14. The number of nitrogens with zero attached hydrogens (tertiary/aromatic N) is 3. The summed E-state index contributed by atoms with van der Waals surface area (Å²) in [6, 6.07) is 2.95. The molecule has 0 spiro atoms. The largest absolute Gasteiger partial charge is 0.350 e. The van der Waals surface area contributed by atoms with Gasteiger partial charge in [0.25, 0.3) is 5.91 Å². The molecule has 2 amide bonds. The van der Waals surface area contributed by atoms with Gasteiger partial charge in [0, 0.05) is 27.1 Å². The van der Waals surface area contributed by atoms with E-state index in [1.54, 1.807) is 14.1 Å². The van der Waals surface area contributed by atoms with E-state index in [9.17, 15) is 9.59 Å². The molecule has 0 aliphatic rings. The van der Waals surface area contributed by atoms with Crippen molar-refractivity contribution in [3.63, 3.8) is 0 Å². The summed E-state index contributed by atoms with van der Waals surface area (Å²) in [4.78, 5) is 24.2. The minimum Gasteiger partial charge on any atom is -0.350 e. The molecule has 7 heteroatoms. The molecule has 1 heterocycles. The molecule has 6 nitrogen and oxygen atoms in total. The second kappa shape index (κ2) is 6.15. The Morgan fingerprint density at radius 2 is 2.06 bits per heavy atom. The van der Waals surface area contributed by atoms with Crippen LogP contribution in [0.3, 0.4) is 0 Å². The number of carbonyl (C=O) groups is 2. The molecule has 0 saturated heterocycles. The van der Waals surface area contributed by atoms with E-state index in [-0.39, 0.29) is 35.6 Å². The minimum atomic E-state index is -0.374. The highest BCUT2D eigenvalue weighted by Crippen LogP contribution is 2.01. The molecule has 1 aromatic heterocycles. The Kier molecular flexibility index (Phi) is 4.84. The highest BCUT2D eigenvalue weighted by Gasteiger charge is 2.09. The summed E-state index contributed by atoms with van der Waals surface area (Å²) in [6.45, 7) is 0.264. The van der Waals surface area contributed by atoms with Gasteiger partial charge in [-0.25, -0.2) is 0 Å². The topological polar surface area (TPSA) is 75.2 Å². The van der Waals surface area contributed by atoms with Gasteiger partial charge in [0.15, 0.2) is 10.8 Å². The third-order valence-electron chi connectivity index (χ3n) is 1.99. The Morgan fingerprint density at radius 1 is 1.35 bits per heavy atom. The van der Waals surface area contributed by atoms with Gasteiger partial charge in [-0.2, -0.15) is 0 Å². The summed E-state index contributed by atoms with van der Waals surface area (Å²) in [6.07, 6.45) is 0.250. The molecule has 0 unspecified atom stereocenters.